The van der Waals surface area contributed by atoms with Crippen molar-refractivity contribution in [2.75, 3.05) is 11.6 Å². The zero-order chi connectivity index (χ0) is 16.1. The van der Waals surface area contributed by atoms with Crippen molar-refractivity contribution in [2.45, 2.75) is 31.5 Å². The summed E-state index contributed by atoms with van der Waals surface area (Å²) in [6.07, 6.45) is 2.86. The van der Waals surface area contributed by atoms with Crippen LogP contribution in [0.2, 0.25) is 5.02 Å². The van der Waals surface area contributed by atoms with E-state index >= 15 is 0 Å². The number of nitrogens with zero attached hydrogens (tertiary/aromatic N) is 3. The van der Waals surface area contributed by atoms with Crippen molar-refractivity contribution in [3.8, 4) is 17.3 Å². The van der Waals surface area contributed by atoms with Gasteiger partial charge in [-0.3, -0.25) is 0 Å². The second-order valence-electron chi connectivity index (χ2n) is 4.85. The summed E-state index contributed by atoms with van der Waals surface area (Å²) >= 11 is 7.39. The molecule has 22 heavy (non-hydrogen) atoms. The number of thioether (sulfide) groups is 1. The van der Waals surface area contributed by atoms with Crippen LogP contribution in [0.15, 0.2) is 29.4 Å². The molecule has 0 unspecified atom stereocenters. The number of anilines is 1. The van der Waals surface area contributed by atoms with E-state index < -0.39 is 0 Å². The fourth-order valence-electron chi connectivity index (χ4n) is 1.89. The Morgan fingerprint density at radius 1 is 1.32 bits per heavy atom. The number of halogens is 1. The molecule has 6 heteroatoms. The summed E-state index contributed by atoms with van der Waals surface area (Å²) in [5.74, 6) is 0.584. The Morgan fingerprint density at radius 3 is 2.55 bits per heavy atom. The van der Waals surface area contributed by atoms with Crippen LogP contribution in [0.3, 0.4) is 0 Å². The van der Waals surface area contributed by atoms with Gasteiger partial charge in [0.2, 0.25) is 0 Å². The van der Waals surface area contributed by atoms with Gasteiger partial charge in [-0.1, -0.05) is 42.4 Å². The van der Waals surface area contributed by atoms with Crippen LogP contribution >= 0.6 is 23.4 Å². The van der Waals surface area contributed by atoms with Crippen molar-refractivity contribution >= 4 is 29.2 Å². The van der Waals surface area contributed by atoms with Crippen LogP contribution in [0.1, 0.15) is 25.8 Å². The van der Waals surface area contributed by atoms with Crippen LogP contribution in [0, 0.1) is 11.3 Å². The van der Waals surface area contributed by atoms with Crippen LogP contribution < -0.4 is 5.32 Å². The average Bonchev–Trinajstić information content (AvgIpc) is 2.54. The standard InChI is InChI=1S/C16H17ClN4S/c1-4-10(2)19-15-13(9-18)14(20-16(21-15)22-3)11-5-7-12(17)8-6-11/h5-8,10H,4H2,1-3H3,(H,19,20,21)/t10-/m1/s1. The van der Waals surface area contributed by atoms with Crippen LogP contribution in [0.5, 0.6) is 0 Å². The van der Waals surface area contributed by atoms with Gasteiger partial charge < -0.3 is 5.32 Å². The normalized spacial score (nSPS) is 11.8. The maximum atomic E-state index is 9.56. The fourth-order valence-corrected chi connectivity index (χ4v) is 2.39. The van der Waals surface area contributed by atoms with Gasteiger partial charge in [0.1, 0.15) is 17.5 Å². The minimum atomic E-state index is 0.231. The molecule has 0 saturated carbocycles. The van der Waals surface area contributed by atoms with Crippen molar-refractivity contribution in [3.63, 3.8) is 0 Å². The van der Waals surface area contributed by atoms with Gasteiger partial charge in [0.15, 0.2) is 5.16 Å². The quantitative estimate of drug-likeness (QED) is 0.640. The highest BCUT2D eigenvalue weighted by atomic mass is 35.5. The Bertz CT molecular complexity index is 695. The Balaban J connectivity index is 2.59. The fraction of sp³-hybridized carbons (Fsp3) is 0.312. The number of aromatic nitrogens is 2. The van der Waals surface area contributed by atoms with Crippen LogP contribution in [0.25, 0.3) is 11.3 Å². The van der Waals surface area contributed by atoms with Gasteiger partial charge in [0.05, 0.1) is 5.69 Å². The van der Waals surface area contributed by atoms with Crippen molar-refractivity contribution in [3.05, 3.63) is 34.9 Å². The van der Waals surface area contributed by atoms with Crippen molar-refractivity contribution in [1.82, 2.24) is 9.97 Å². The molecule has 0 fully saturated rings. The lowest BCUT2D eigenvalue weighted by molar-refractivity contribution is 0.753. The number of nitrogens with one attached hydrogen (secondary N) is 1. The average molecular weight is 333 g/mol. The topological polar surface area (TPSA) is 61.6 Å². The molecule has 1 atom stereocenters. The third-order valence-electron chi connectivity index (χ3n) is 3.30. The first-order valence-corrected chi connectivity index (χ1v) is 8.57. The molecule has 2 aromatic rings. The number of nitriles is 1. The third kappa shape index (κ3) is 3.70. The molecule has 0 saturated heterocycles. The molecule has 1 aromatic heterocycles. The molecule has 0 bridgehead atoms. The Labute approximate surface area is 139 Å². The molecular formula is C16H17ClN4S. The lowest BCUT2D eigenvalue weighted by atomic mass is 10.1. The van der Waals surface area contributed by atoms with Gasteiger partial charge in [-0.25, -0.2) is 9.97 Å². The minimum absolute atomic E-state index is 0.231. The number of hydrogen-bond donors (Lipinski definition) is 1. The molecule has 4 nitrogen and oxygen atoms in total. The predicted octanol–water partition coefficient (Wildman–Crippen LogP) is 4.60. The molecule has 0 aliphatic heterocycles. The molecule has 1 N–H and O–H groups in total. The molecular weight excluding hydrogens is 316 g/mol. The first-order chi connectivity index (χ1) is 10.6. The molecule has 1 heterocycles. The Kier molecular flexibility index (Phi) is 5.64. The van der Waals surface area contributed by atoms with E-state index in [4.69, 9.17) is 11.6 Å². The summed E-state index contributed by atoms with van der Waals surface area (Å²) in [4.78, 5) is 8.95. The van der Waals surface area contributed by atoms with Gasteiger partial charge in [-0.2, -0.15) is 5.26 Å². The summed E-state index contributed by atoms with van der Waals surface area (Å²) < 4.78 is 0. The molecule has 114 valence electrons. The van der Waals surface area contributed by atoms with Gasteiger partial charge in [-0.05, 0) is 31.7 Å². The zero-order valence-corrected chi connectivity index (χ0v) is 14.3. The van der Waals surface area contributed by atoms with Crippen LogP contribution in [0.4, 0.5) is 5.82 Å². The van der Waals surface area contributed by atoms with E-state index in [0.717, 1.165) is 12.0 Å². The van der Waals surface area contributed by atoms with E-state index in [1.54, 1.807) is 12.1 Å². The lowest BCUT2D eigenvalue weighted by Gasteiger charge is -2.16. The number of rotatable bonds is 5. The maximum absolute atomic E-state index is 9.56. The zero-order valence-electron chi connectivity index (χ0n) is 12.7. The van der Waals surface area contributed by atoms with E-state index in [2.05, 4.69) is 35.2 Å². The van der Waals surface area contributed by atoms with Gasteiger partial charge in [0, 0.05) is 16.6 Å². The van der Waals surface area contributed by atoms with Gasteiger partial charge in [0.25, 0.3) is 0 Å². The Morgan fingerprint density at radius 2 is 2.00 bits per heavy atom. The summed E-state index contributed by atoms with van der Waals surface area (Å²) in [5.41, 5.74) is 1.94. The molecule has 0 amide bonds. The smallest absolute Gasteiger partial charge is 0.189 e. The first kappa shape index (κ1) is 16.6. The minimum Gasteiger partial charge on any atom is -0.366 e. The van der Waals surface area contributed by atoms with E-state index in [0.29, 0.717) is 27.3 Å². The van der Waals surface area contributed by atoms with E-state index in [-0.39, 0.29) is 6.04 Å². The highest BCUT2D eigenvalue weighted by Gasteiger charge is 2.17. The first-order valence-electron chi connectivity index (χ1n) is 6.97. The van der Waals surface area contributed by atoms with Crippen LogP contribution in [-0.2, 0) is 0 Å². The molecule has 2 rings (SSSR count). The number of benzene rings is 1. The van der Waals surface area contributed by atoms with E-state index in [1.165, 1.54) is 11.8 Å². The summed E-state index contributed by atoms with van der Waals surface area (Å²) in [6, 6.07) is 9.77. The predicted molar refractivity (Wildman–Crippen MR) is 92.3 cm³/mol. The SMILES string of the molecule is CC[C@@H](C)Nc1nc(SC)nc(-c2ccc(Cl)cc2)c1C#N. The van der Waals surface area contributed by atoms with E-state index in [9.17, 15) is 5.26 Å². The highest BCUT2D eigenvalue weighted by Crippen LogP contribution is 2.29. The Hall–Kier alpha value is -1.77. The van der Waals surface area contributed by atoms with Crippen LogP contribution in [-0.4, -0.2) is 22.3 Å². The molecule has 0 aliphatic rings. The summed E-state index contributed by atoms with van der Waals surface area (Å²) in [5, 5.41) is 14.1. The van der Waals surface area contributed by atoms with Gasteiger partial charge in [-0.15, -0.1) is 0 Å². The maximum Gasteiger partial charge on any atom is 0.189 e. The van der Waals surface area contributed by atoms with Crippen molar-refractivity contribution in [1.29, 1.82) is 5.26 Å². The largest absolute Gasteiger partial charge is 0.366 e. The molecule has 0 radical (unpaired) electrons. The molecule has 1 aromatic carbocycles. The number of hydrogen-bond acceptors (Lipinski definition) is 5. The van der Waals surface area contributed by atoms with Crippen molar-refractivity contribution in [2.24, 2.45) is 0 Å². The third-order valence-corrected chi connectivity index (χ3v) is 4.10. The lowest BCUT2D eigenvalue weighted by Crippen LogP contribution is -2.16. The highest BCUT2D eigenvalue weighted by molar-refractivity contribution is 7.98. The van der Waals surface area contributed by atoms with Gasteiger partial charge >= 0.3 is 0 Å². The molecule has 0 aliphatic carbocycles. The van der Waals surface area contributed by atoms with Crippen molar-refractivity contribution < 1.29 is 0 Å². The van der Waals surface area contributed by atoms with E-state index in [1.807, 2.05) is 18.4 Å². The second-order valence-corrected chi connectivity index (χ2v) is 6.06. The monoisotopic (exact) mass is 332 g/mol. The summed E-state index contributed by atoms with van der Waals surface area (Å²) in [6.45, 7) is 4.14. The second kappa shape index (κ2) is 7.48. The molecule has 0 spiro atoms. The summed E-state index contributed by atoms with van der Waals surface area (Å²) in [7, 11) is 0.